The highest BCUT2D eigenvalue weighted by molar-refractivity contribution is 7.79. The third-order valence-corrected chi connectivity index (χ3v) is 4.48. The van der Waals surface area contributed by atoms with Gasteiger partial charge in [0, 0.05) is 27.6 Å². The first-order valence-corrected chi connectivity index (χ1v) is 8.93. The van der Waals surface area contributed by atoms with Gasteiger partial charge in [-0.25, -0.2) is 9.97 Å². The fourth-order valence-electron chi connectivity index (χ4n) is 2.63. The maximum Gasteiger partial charge on any atom is 0.162 e. The number of aromatic nitrogens is 4. The van der Waals surface area contributed by atoms with E-state index in [0.717, 1.165) is 11.3 Å². The average Bonchev–Trinajstić information content (AvgIpc) is 3.06. The summed E-state index contributed by atoms with van der Waals surface area (Å²) in [6, 6.07) is 16.1. The van der Waals surface area contributed by atoms with Gasteiger partial charge in [0.15, 0.2) is 11.6 Å². The first kappa shape index (κ1) is 16.4. The summed E-state index contributed by atoms with van der Waals surface area (Å²) >= 11 is -2.33. The van der Waals surface area contributed by atoms with Crippen LogP contribution in [0.2, 0.25) is 0 Å². The highest BCUT2D eigenvalue weighted by atomic mass is 32.2. The topological polar surface area (TPSA) is 107 Å². The first-order chi connectivity index (χ1) is 12.6. The predicted molar refractivity (Wildman–Crippen MR) is 98.8 cm³/mol. The highest BCUT2D eigenvalue weighted by Gasteiger charge is 2.12. The Balaban J connectivity index is 1.90. The number of anilines is 2. The fraction of sp³-hybridized carbons (Fsp3) is 0.0556. The van der Waals surface area contributed by atoms with Gasteiger partial charge in [-0.15, -0.1) is 0 Å². The maximum atomic E-state index is 11.3. The lowest BCUT2D eigenvalue weighted by Crippen LogP contribution is -2.00. The molecular weight excluding hydrogens is 350 g/mol. The zero-order valence-electron chi connectivity index (χ0n) is 13.8. The van der Waals surface area contributed by atoms with Gasteiger partial charge in [-0.05, 0) is 36.2 Å². The Hall–Kier alpha value is -3.10. The van der Waals surface area contributed by atoms with Crippen molar-refractivity contribution in [1.82, 2.24) is 20.2 Å². The summed E-state index contributed by atoms with van der Waals surface area (Å²) in [4.78, 5) is 9.34. The van der Waals surface area contributed by atoms with Gasteiger partial charge < -0.3 is 9.87 Å². The van der Waals surface area contributed by atoms with Gasteiger partial charge in [-0.1, -0.05) is 30.3 Å². The molecule has 0 radical (unpaired) electrons. The van der Waals surface area contributed by atoms with Crippen LogP contribution in [-0.4, -0.2) is 28.9 Å². The zero-order chi connectivity index (χ0) is 18.1. The summed E-state index contributed by atoms with van der Waals surface area (Å²) in [5, 5.41) is 10.9. The minimum Gasteiger partial charge on any atom is -0.768 e. The normalized spacial score (nSPS) is 12.2. The molecule has 0 aliphatic carbocycles. The molecule has 2 heterocycles. The molecular formula is C18H14N5O2S-. The van der Waals surface area contributed by atoms with E-state index in [0.29, 0.717) is 28.4 Å². The Morgan fingerprint density at radius 2 is 1.88 bits per heavy atom. The van der Waals surface area contributed by atoms with Crippen LogP contribution < -0.4 is 5.32 Å². The van der Waals surface area contributed by atoms with Crippen molar-refractivity contribution in [2.24, 2.45) is 0 Å². The van der Waals surface area contributed by atoms with E-state index in [9.17, 15) is 8.76 Å². The van der Waals surface area contributed by atoms with Gasteiger partial charge in [0.25, 0.3) is 0 Å². The Bertz CT molecular complexity index is 1110. The number of rotatable bonds is 4. The van der Waals surface area contributed by atoms with Crippen molar-refractivity contribution >= 4 is 33.6 Å². The predicted octanol–water partition coefficient (Wildman–Crippen LogP) is 3.31. The van der Waals surface area contributed by atoms with Crippen molar-refractivity contribution in [3.63, 3.8) is 0 Å². The molecule has 0 aliphatic rings. The van der Waals surface area contributed by atoms with E-state index >= 15 is 0 Å². The summed E-state index contributed by atoms with van der Waals surface area (Å²) in [6.45, 7) is 1.90. The molecule has 7 nitrogen and oxygen atoms in total. The number of nitrogens with one attached hydrogen (secondary N) is 2. The highest BCUT2D eigenvalue weighted by Crippen LogP contribution is 2.28. The molecule has 8 heteroatoms. The second-order valence-corrected chi connectivity index (χ2v) is 6.68. The zero-order valence-corrected chi connectivity index (χ0v) is 14.6. The minimum absolute atomic E-state index is 0.178. The average molecular weight is 364 g/mol. The summed E-state index contributed by atoms with van der Waals surface area (Å²) in [7, 11) is 0. The lowest BCUT2D eigenvalue weighted by Gasteiger charge is -2.11. The molecule has 0 spiro atoms. The minimum atomic E-state index is -2.33. The van der Waals surface area contributed by atoms with Crippen molar-refractivity contribution in [2.45, 2.75) is 11.8 Å². The van der Waals surface area contributed by atoms with Gasteiger partial charge in [-0.2, -0.15) is 5.10 Å². The number of hydrogen-bond donors (Lipinski definition) is 2. The third-order valence-electron chi connectivity index (χ3n) is 3.85. The van der Waals surface area contributed by atoms with Crippen LogP contribution in [0.3, 0.4) is 0 Å². The Kier molecular flexibility index (Phi) is 4.19. The number of nitrogens with zero attached hydrogens (tertiary/aromatic N) is 3. The van der Waals surface area contributed by atoms with Gasteiger partial charge in [0.1, 0.15) is 5.82 Å². The molecule has 0 saturated heterocycles. The first-order valence-electron chi connectivity index (χ1n) is 7.86. The lowest BCUT2D eigenvalue weighted by molar-refractivity contribution is 0.537. The van der Waals surface area contributed by atoms with Crippen LogP contribution in [-0.2, 0) is 11.1 Å². The molecule has 0 bridgehead atoms. The third kappa shape index (κ3) is 3.19. The Labute approximate surface area is 151 Å². The van der Waals surface area contributed by atoms with E-state index in [1.165, 1.54) is 12.1 Å². The summed E-state index contributed by atoms with van der Waals surface area (Å²) in [5.74, 6) is 1.68. The largest absolute Gasteiger partial charge is 0.768 e. The van der Waals surface area contributed by atoms with Crippen LogP contribution >= 0.6 is 0 Å². The lowest BCUT2D eigenvalue weighted by atomic mass is 10.2. The Morgan fingerprint density at radius 1 is 1.08 bits per heavy atom. The molecule has 130 valence electrons. The summed E-state index contributed by atoms with van der Waals surface area (Å²) in [6.07, 6.45) is 0. The van der Waals surface area contributed by atoms with Crippen LogP contribution in [0, 0.1) is 6.92 Å². The van der Waals surface area contributed by atoms with E-state index in [-0.39, 0.29) is 4.90 Å². The molecule has 2 aromatic carbocycles. The number of aromatic amines is 1. The molecule has 26 heavy (non-hydrogen) atoms. The standard InChI is InChI=1S/C18H15N5O2S/c1-11-9-16(23-22-11)20-18-14-8-7-13(26(24)25)10-15(14)19-17(21-18)12-5-3-2-4-6-12/h2-10H,1H3,(H,24,25)(H2,19,20,21,22,23)/p-1. The molecule has 0 aliphatic heterocycles. The van der Waals surface area contributed by atoms with Crippen LogP contribution in [0.5, 0.6) is 0 Å². The Morgan fingerprint density at radius 3 is 2.58 bits per heavy atom. The SMILES string of the molecule is Cc1cc(Nc2nc(-c3ccccc3)nc3cc(S(=O)[O-])ccc23)n[nH]1. The van der Waals surface area contributed by atoms with Gasteiger partial charge in [0.2, 0.25) is 0 Å². The fourth-order valence-corrected chi connectivity index (χ4v) is 3.02. The van der Waals surface area contributed by atoms with Crippen molar-refractivity contribution in [2.75, 3.05) is 5.32 Å². The van der Waals surface area contributed by atoms with Crippen molar-refractivity contribution in [3.8, 4) is 11.4 Å². The van der Waals surface area contributed by atoms with Crippen LogP contribution in [0.25, 0.3) is 22.3 Å². The van der Waals surface area contributed by atoms with E-state index in [1.807, 2.05) is 43.3 Å². The van der Waals surface area contributed by atoms with E-state index < -0.39 is 11.1 Å². The second kappa shape index (κ2) is 6.66. The number of fused-ring (bicyclic) bond motifs is 1. The van der Waals surface area contributed by atoms with Gasteiger partial charge >= 0.3 is 0 Å². The second-order valence-electron chi connectivity index (χ2n) is 5.74. The quantitative estimate of drug-likeness (QED) is 0.538. The summed E-state index contributed by atoms with van der Waals surface area (Å²) in [5.41, 5.74) is 2.29. The van der Waals surface area contributed by atoms with Crippen molar-refractivity contribution < 1.29 is 8.76 Å². The molecule has 2 N–H and O–H groups in total. The van der Waals surface area contributed by atoms with Crippen molar-refractivity contribution in [3.05, 3.63) is 60.3 Å². The number of hydrogen-bond acceptors (Lipinski definition) is 6. The number of H-pyrrole nitrogens is 1. The van der Waals surface area contributed by atoms with E-state index in [4.69, 9.17) is 0 Å². The molecule has 2 aromatic heterocycles. The summed E-state index contributed by atoms with van der Waals surface area (Å²) < 4.78 is 22.6. The molecule has 0 saturated carbocycles. The van der Waals surface area contributed by atoms with Crippen LogP contribution in [0.15, 0.2) is 59.5 Å². The number of benzene rings is 2. The van der Waals surface area contributed by atoms with E-state index in [2.05, 4.69) is 25.5 Å². The van der Waals surface area contributed by atoms with Crippen LogP contribution in [0.1, 0.15) is 5.69 Å². The molecule has 4 aromatic rings. The molecule has 1 atom stereocenters. The van der Waals surface area contributed by atoms with E-state index in [1.54, 1.807) is 6.07 Å². The maximum absolute atomic E-state index is 11.3. The number of aryl methyl sites for hydroxylation is 1. The molecule has 0 amide bonds. The van der Waals surface area contributed by atoms with Crippen molar-refractivity contribution in [1.29, 1.82) is 0 Å². The molecule has 1 unspecified atom stereocenters. The monoisotopic (exact) mass is 364 g/mol. The molecule has 0 fully saturated rings. The van der Waals surface area contributed by atoms with Gasteiger partial charge in [0.05, 0.1) is 5.52 Å². The smallest absolute Gasteiger partial charge is 0.162 e. The molecule has 4 rings (SSSR count). The van der Waals surface area contributed by atoms with Gasteiger partial charge in [-0.3, -0.25) is 9.31 Å². The van der Waals surface area contributed by atoms with Crippen LogP contribution in [0.4, 0.5) is 11.6 Å².